The van der Waals surface area contributed by atoms with Gasteiger partial charge >= 0.3 is 11.7 Å². The number of aryl methyl sites for hydroxylation is 2. The quantitative estimate of drug-likeness (QED) is 0.147. The minimum absolute atomic E-state index is 0.231. The molecular formula is C50H49N11O6. The van der Waals surface area contributed by atoms with E-state index in [1.807, 2.05) is 73.3 Å². The molecule has 17 nitrogen and oxygen atoms in total. The average Bonchev–Trinajstić information content (AvgIpc) is 4.01. The van der Waals surface area contributed by atoms with Gasteiger partial charge in [0.05, 0.1) is 28.5 Å². The number of hydrogen-bond donors (Lipinski definition) is 2. The van der Waals surface area contributed by atoms with Gasteiger partial charge in [-0.05, 0) is 109 Å². The summed E-state index contributed by atoms with van der Waals surface area (Å²) in [5.74, 6) is 0.669. The maximum Gasteiger partial charge on any atom is 0.350 e. The molecule has 17 heteroatoms. The van der Waals surface area contributed by atoms with E-state index in [-0.39, 0.29) is 29.4 Å². The number of nitrogens with zero attached hydrogens (tertiary/aromatic N) is 9. The summed E-state index contributed by atoms with van der Waals surface area (Å²) in [4.78, 5) is 74.4. The highest BCUT2D eigenvalue weighted by Gasteiger charge is 2.35. The second-order valence-electron chi connectivity index (χ2n) is 17.2. The second-order valence-corrected chi connectivity index (χ2v) is 17.2. The van der Waals surface area contributed by atoms with Gasteiger partial charge in [-0.2, -0.15) is 10.2 Å². The van der Waals surface area contributed by atoms with E-state index in [0.717, 1.165) is 59.2 Å². The summed E-state index contributed by atoms with van der Waals surface area (Å²) >= 11 is 0. The Bertz CT molecular complexity index is 3160. The number of para-hydroxylation sites is 1. The molecule has 340 valence electrons. The molecule has 0 radical (unpaired) electrons. The number of nitrogens with one attached hydrogen (secondary N) is 2. The van der Waals surface area contributed by atoms with Crippen LogP contribution < -0.4 is 35.8 Å². The molecular weight excluding hydrogens is 851 g/mol. The summed E-state index contributed by atoms with van der Waals surface area (Å²) < 4.78 is 11.2. The number of ether oxygens (including phenoxy) is 1. The third kappa shape index (κ3) is 7.85. The van der Waals surface area contributed by atoms with Crippen molar-refractivity contribution in [3.05, 3.63) is 136 Å². The van der Waals surface area contributed by atoms with Crippen molar-refractivity contribution < 1.29 is 23.9 Å². The molecule has 3 aromatic heterocycles. The van der Waals surface area contributed by atoms with Gasteiger partial charge in [-0.15, -0.1) is 0 Å². The molecule has 4 aromatic carbocycles. The number of hydrogen-bond acceptors (Lipinski definition) is 10. The van der Waals surface area contributed by atoms with E-state index in [2.05, 4.69) is 43.8 Å². The van der Waals surface area contributed by atoms with Gasteiger partial charge in [0.25, 0.3) is 5.91 Å². The first-order chi connectivity index (χ1) is 32.5. The van der Waals surface area contributed by atoms with E-state index in [0.29, 0.717) is 71.8 Å². The monoisotopic (exact) mass is 899 g/mol. The first-order valence-corrected chi connectivity index (χ1v) is 22.4. The van der Waals surface area contributed by atoms with Crippen LogP contribution in [0.4, 0.5) is 22.0 Å². The molecule has 2 N–H and O–H groups in total. The summed E-state index contributed by atoms with van der Waals surface area (Å²) in [6, 6.07) is 28.6. The van der Waals surface area contributed by atoms with Crippen LogP contribution in [0, 0.1) is 6.92 Å². The standard InChI is InChI=1S/C50H49N11O6/c1-30-37(19-22-52-46(30)60-26-25-59(50(60)66)35-8-5-7-34(27-35)47(63)51-2)33-13-17-40(61-29-53-57(4)49(61)65)42(28-33)67-36-14-11-31(12-15-36)32-20-23-58(24-21-32)41-10-6-9-38-44(55-56(3)45(38)41)39-16-18-43(62)54-48(39)64/h5-15,17,19,22,27-29,32,39H,16,18,20-21,23-26H2,1-4H3,(H,51,63)(H,54,62,64). The molecule has 67 heavy (non-hydrogen) atoms. The van der Waals surface area contributed by atoms with Gasteiger partial charge in [0, 0.05) is 76.6 Å². The smallest absolute Gasteiger partial charge is 0.350 e. The van der Waals surface area contributed by atoms with Gasteiger partial charge < -0.3 is 15.0 Å². The van der Waals surface area contributed by atoms with Gasteiger partial charge in [0.1, 0.15) is 17.9 Å². The molecule has 5 amide bonds. The van der Waals surface area contributed by atoms with Crippen molar-refractivity contribution in [1.82, 2.24) is 39.7 Å². The van der Waals surface area contributed by atoms with Crippen LogP contribution in [0.3, 0.4) is 0 Å². The number of amides is 5. The summed E-state index contributed by atoms with van der Waals surface area (Å²) in [6.45, 7) is 4.44. The lowest BCUT2D eigenvalue weighted by molar-refractivity contribution is -0.134. The SMILES string of the molecule is CNC(=O)c1cccc(N2CCN(c3nccc(-c4ccc(-n5cnn(C)c5=O)c(Oc5ccc(C6CCN(c7cccc8c(C9CCC(=O)NC9=O)nn(C)c78)CC6)cc5)c4)c3C)C2=O)c1. The zero-order valence-electron chi connectivity index (χ0n) is 37.6. The van der Waals surface area contributed by atoms with E-state index < -0.39 is 5.92 Å². The number of fused-ring (bicyclic) bond motifs is 1. The number of anilines is 3. The molecule has 3 aliphatic heterocycles. The molecule has 10 rings (SSSR count). The van der Waals surface area contributed by atoms with E-state index in [4.69, 9.17) is 9.84 Å². The Morgan fingerprint density at radius 1 is 0.821 bits per heavy atom. The lowest BCUT2D eigenvalue weighted by atomic mass is 9.89. The summed E-state index contributed by atoms with van der Waals surface area (Å²) in [5.41, 5.74) is 7.69. The van der Waals surface area contributed by atoms with Crippen LogP contribution in [-0.2, 0) is 23.7 Å². The third-order valence-corrected chi connectivity index (χ3v) is 13.3. The Morgan fingerprint density at radius 3 is 2.34 bits per heavy atom. The number of pyridine rings is 1. The fourth-order valence-electron chi connectivity index (χ4n) is 9.75. The number of rotatable bonds is 10. The number of aromatic nitrogens is 6. The lowest BCUT2D eigenvalue weighted by Gasteiger charge is -2.34. The maximum absolute atomic E-state index is 13.9. The van der Waals surface area contributed by atoms with Gasteiger partial charge in [-0.1, -0.05) is 36.4 Å². The first kappa shape index (κ1) is 42.8. The van der Waals surface area contributed by atoms with Gasteiger partial charge in [-0.25, -0.2) is 23.8 Å². The molecule has 0 aliphatic carbocycles. The fraction of sp³-hybridized carbons (Fsp3) is 0.280. The Labute approximate surface area is 385 Å². The lowest BCUT2D eigenvalue weighted by Crippen LogP contribution is -2.39. The molecule has 1 unspecified atom stereocenters. The number of imide groups is 1. The Morgan fingerprint density at radius 2 is 1.60 bits per heavy atom. The first-order valence-electron chi connectivity index (χ1n) is 22.4. The Hall–Kier alpha value is -8.08. The minimum Gasteiger partial charge on any atom is -0.455 e. The normalized spacial score (nSPS) is 16.8. The molecule has 7 aromatic rings. The maximum atomic E-state index is 13.9. The molecule has 3 fully saturated rings. The van der Waals surface area contributed by atoms with Crippen LogP contribution in [0.25, 0.3) is 27.7 Å². The van der Waals surface area contributed by atoms with Crippen LogP contribution in [-0.4, -0.2) is 86.1 Å². The van der Waals surface area contributed by atoms with Gasteiger partial charge in [0.2, 0.25) is 11.8 Å². The topological polar surface area (TPSA) is 182 Å². The highest BCUT2D eigenvalue weighted by Crippen LogP contribution is 2.40. The summed E-state index contributed by atoms with van der Waals surface area (Å²) in [7, 11) is 5.08. The predicted octanol–water partition coefficient (Wildman–Crippen LogP) is 6.33. The molecule has 6 heterocycles. The van der Waals surface area contributed by atoms with Crippen molar-refractivity contribution >= 4 is 51.8 Å². The van der Waals surface area contributed by atoms with Crippen molar-refractivity contribution in [1.29, 1.82) is 0 Å². The number of urea groups is 1. The van der Waals surface area contributed by atoms with Crippen LogP contribution >= 0.6 is 0 Å². The number of carbonyl (C=O) groups excluding carboxylic acids is 4. The molecule has 0 bridgehead atoms. The Kier molecular flexibility index (Phi) is 11.1. The molecule has 3 saturated heterocycles. The van der Waals surface area contributed by atoms with Crippen molar-refractivity contribution in [3.8, 4) is 28.3 Å². The van der Waals surface area contributed by atoms with E-state index in [9.17, 15) is 24.0 Å². The Balaban J connectivity index is 0.872. The minimum atomic E-state index is -0.461. The van der Waals surface area contributed by atoms with Crippen molar-refractivity contribution in [2.75, 3.05) is 47.9 Å². The predicted molar refractivity (Wildman–Crippen MR) is 253 cm³/mol. The van der Waals surface area contributed by atoms with Crippen LogP contribution in [0.1, 0.15) is 64.7 Å². The molecule has 3 aliphatic rings. The van der Waals surface area contributed by atoms with E-state index >= 15 is 0 Å². The molecule has 1 atom stereocenters. The highest BCUT2D eigenvalue weighted by atomic mass is 16.5. The van der Waals surface area contributed by atoms with Crippen LogP contribution in [0.15, 0.2) is 108 Å². The van der Waals surface area contributed by atoms with E-state index in [1.165, 1.54) is 21.1 Å². The van der Waals surface area contributed by atoms with Crippen LogP contribution in [0.5, 0.6) is 11.5 Å². The largest absolute Gasteiger partial charge is 0.455 e. The zero-order chi connectivity index (χ0) is 46.5. The summed E-state index contributed by atoms with van der Waals surface area (Å²) in [6.07, 6.45) is 5.77. The van der Waals surface area contributed by atoms with E-state index in [1.54, 1.807) is 48.3 Å². The second kappa shape index (κ2) is 17.4. The zero-order valence-corrected chi connectivity index (χ0v) is 37.6. The van der Waals surface area contributed by atoms with Crippen molar-refractivity contribution in [2.45, 2.75) is 44.4 Å². The van der Waals surface area contributed by atoms with Gasteiger partial charge in [0.15, 0.2) is 5.75 Å². The highest BCUT2D eigenvalue weighted by molar-refractivity contribution is 6.07. The fourth-order valence-corrected chi connectivity index (χ4v) is 9.75. The van der Waals surface area contributed by atoms with Crippen LogP contribution in [0.2, 0.25) is 0 Å². The molecule has 0 spiro atoms. The number of piperidine rings is 2. The average molecular weight is 900 g/mol. The third-order valence-electron chi connectivity index (χ3n) is 13.3. The van der Waals surface area contributed by atoms with Gasteiger partial charge in [-0.3, -0.25) is 34.2 Å². The molecule has 0 saturated carbocycles. The van der Waals surface area contributed by atoms with Crippen molar-refractivity contribution in [3.63, 3.8) is 0 Å². The number of carbonyl (C=O) groups is 4. The summed E-state index contributed by atoms with van der Waals surface area (Å²) in [5, 5.41) is 15.0. The number of benzene rings is 4. The van der Waals surface area contributed by atoms with Crippen molar-refractivity contribution in [2.24, 2.45) is 14.1 Å².